The second-order valence-corrected chi connectivity index (χ2v) is 5.00. The number of hydrogen-bond donors (Lipinski definition) is 2. The van der Waals surface area contributed by atoms with E-state index in [-0.39, 0.29) is 0 Å². The number of nitrogens with zero attached hydrogens (tertiary/aromatic N) is 2. The summed E-state index contributed by atoms with van der Waals surface area (Å²) in [5.41, 5.74) is 3.44. The van der Waals surface area contributed by atoms with Gasteiger partial charge < -0.3 is 14.5 Å². The molecule has 0 amide bonds. The zero-order chi connectivity index (χ0) is 16.9. The van der Waals surface area contributed by atoms with E-state index >= 15 is 0 Å². The predicted molar refractivity (Wildman–Crippen MR) is 91.8 cm³/mol. The van der Waals surface area contributed by atoms with E-state index in [2.05, 4.69) is 15.3 Å². The number of nitrogens with one attached hydrogen (secondary N) is 2. The number of nitriles is 1. The summed E-state index contributed by atoms with van der Waals surface area (Å²) in [6.07, 6.45) is 1.88. The van der Waals surface area contributed by atoms with Crippen molar-refractivity contribution in [3.8, 4) is 40.2 Å². The van der Waals surface area contributed by atoms with Gasteiger partial charge in [-0.3, -0.25) is 5.32 Å². The van der Waals surface area contributed by atoms with Gasteiger partial charge in [0.2, 0.25) is 5.95 Å². The van der Waals surface area contributed by atoms with E-state index in [1.165, 1.54) is 0 Å². The van der Waals surface area contributed by atoms with Gasteiger partial charge >= 0.3 is 0 Å². The summed E-state index contributed by atoms with van der Waals surface area (Å²) in [5, 5.41) is 11.4. The smallest absolute Gasteiger partial charge is 0.214 e. The summed E-state index contributed by atoms with van der Waals surface area (Å²) < 4.78 is 10.4. The van der Waals surface area contributed by atoms with Gasteiger partial charge in [-0.05, 0) is 48.5 Å². The Labute approximate surface area is 139 Å². The van der Waals surface area contributed by atoms with Crippen molar-refractivity contribution >= 4 is 5.95 Å². The summed E-state index contributed by atoms with van der Waals surface area (Å²) in [7, 11) is 3.25. The van der Waals surface area contributed by atoms with E-state index in [1.807, 2.05) is 54.7 Å². The third-order valence-corrected chi connectivity index (χ3v) is 3.62. The summed E-state index contributed by atoms with van der Waals surface area (Å²) >= 11 is 0. The molecule has 0 spiro atoms. The van der Waals surface area contributed by atoms with Crippen LogP contribution < -0.4 is 14.8 Å². The summed E-state index contributed by atoms with van der Waals surface area (Å²) in [6.45, 7) is 0. The molecule has 0 unspecified atom stereocenters. The highest BCUT2D eigenvalue weighted by molar-refractivity contribution is 5.80. The number of benzene rings is 2. The summed E-state index contributed by atoms with van der Waals surface area (Å²) in [4.78, 5) is 7.63. The highest BCUT2D eigenvalue weighted by atomic mass is 16.5. The molecule has 2 aromatic carbocycles. The molecule has 6 nitrogen and oxygen atoms in total. The van der Waals surface area contributed by atoms with E-state index < -0.39 is 0 Å². The van der Waals surface area contributed by atoms with Crippen LogP contribution in [0, 0.1) is 11.5 Å². The largest absolute Gasteiger partial charge is 0.497 e. The molecule has 0 saturated carbocycles. The highest BCUT2D eigenvalue weighted by Crippen LogP contribution is 2.33. The number of anilines is 1. The maximum atomic E-state index is 8.84. The lowest BCUT2D eigenvalue weighted by Crippen LogP contribution is -1.88. The normalized spacial score (nSPS) is 10.0. The molecule has 3 aromatic rings. The van der Waals surface area contributed by atoms with E-state index in [4.69, 9.17) is 14.7 Å². The molecule has 0 aliphatic heterocycles. The van der Waals surface area contributed by atoms with Crippen molar-refractivity contribution in [2.45, 2.75) is 0 Å². The standard InChI is InChI=1S/C18H16N4O2/c1-23-14-7-3-12(4-8-14)16-17(22-18(21-16)20-11-19)13-5-9-15(24-2)10-6-13/h3-10H,1-2H3,(H2,20,21,22). The molecule has 6 heteroatoms. The van der Waals surface area contributed by atoms with Gasteiger partial charge in [0.1, 0.15) is 11.5 Å². The summed E-state index contributed by atoms with van der Waals surface area (Å²) in [5.74, 6) is 1.95. The van der Waals surface area contributed by atoms with Gasteiger partial charge in [0.05, 0.1) is 25.6 Å². The van der Waals surface area contributed by atoms with Crippen LogP contribution in [0.15, 0.2) is 48.5 Å². The summed E-state index contributed by atoms with van der Waals surface area (Å²) in [6, 6.07) is 15.2. The van der Waals surface area contributed by atoms with Crippen LogP contribution in [0.25, 0.3) is 22.5 Å². The van der Waals surface area contributed by atoms with Crippen molar-refractivity contribution in [2.24, 2.45) is 0 Å². The van der Waals surface area contributed by atoms with Crippen LogP contribution >= 0.6 is 0 Å². The average Bonchev–Trinajstić information content (AvgIpc) is 3.06. The van der Waals surface area contributed by atoms with Crippen LogP contribution in [-0.2, 0) is 0 Å². The maximum Gasteiger partial charge on any atom is 0.214 e. The zero-order valence-electron chi connectivity index (χ0n) is 13.3. The van der Waals surface area contributed by atoms with E-state index in [1.54, 1.807) is 14.2 Å². The van der Waals surface area contributed by atoms with Crippen molar-refractivity contribution in [3.63, 3.8) is 0 Å². The second-order valence-electron chi connectivity index (χ2n) is 5.00. The number of aromatic amines is 1. The molecule has 2 N–H and O–H groups in total. The van der Waals surface area contributed by atoms with Crippen molar-refractivity contribution < 1.29 is 9.47 Å². The topological polar surface area (TPSA) is 83.0 Å². The minimum atomic E-state index is 0.397. The molecule has 3 rings (SSSR count). The molecule has 0 bridgehead atoms. The Morgan fingerprint density at radius 2 is 1.46 bits per heavy atom. The lowest BCUT2D eigenvalue weighted by Gasteiger charge is -2.05. The number of hydrogen-bond acceptors (Lipinski definition) is 5. The van der Waals surface area contributed by atoms with Crippen molar-refractivity contribution in [1.29, 1.82) is 5.26 Å². The highest BCUT2D eigenvalue weighted by Gasteiger charge is 2.14. The molecule has 0 aliphatic rings. The maximum absolute atomic E-state index is 8.84. The third-order valence-electron chi connectivity index (χ3n) is 3.62. The first kappa shape index (κ1) is 15.4. The van der Waals surface area contributed by atoms with Crippen LogP contribution in [0.5, 0.6) is 11.5 Å². The van der Waals surface area contributed by atoms with Crippen molar-refractivity contribution in [1.82, 2.24) is 9.97 Å². The Balaban J connectivity index is 2.07. The monoisotopic (exact) mass is 320 g/mol. The quantitative estimate of drug-likeness (QED) is 0.554. The molecule has 1 aromatic heterocycles. The second kappa shape index (κ2) is 6.75. The average molecular weight is 320 g/mol. The molecular weight excluding hydrogens is 304 g/mol. The third kappa shape index (κ3) is 3.01. The van der Waals surface area contributed by atoms with E-state index in [0.717, 1.165) is 34.0 Å². The van der Waals surface area contributed by atoms with Crippen LogP contribution in [0.1, 0.15) is 0 Å². The first-order chi connectivity index (χ1) is 11.7. The fraction of sp³-hybridized carbons (Fsp3) is 0.111. The Kier molecular flexibility index (Phi) is 4.34. The van der Waals surface area contributed by atoms with Gasteiger partial charge in [0.25, 0.3) is 0 Å². The van der Waals surface area contributed by atoms with Crippen LogP contribution in [0.2, 0.25) is 0 Å². The molecule has 0 aliphatic carbocycles. The predicted octanol–water partition coefficient (Wildman–Crippen LogP) is 3.65. The first-order valence-electron chi connectivity index (χ1n) is 7.29. The Hall–Kier alpha value is -3.46. The fourth-order valence-corrected chi connectivity index (χ4v) is 2.41. The zero-order valence-corrected chi connectivity index (χ0v) is 13.3. The van der Waals surface area contributed by atoms with Crippen LogP contribution in [0.3, 0.4) is 0 Å². The van der Waals surface area contributed by atoms with Gasteiger partial charge in [-0.25, -0.2) is 4.98 Å². The van der Waals surface area contributed by atoms with Crippen molar-refractivity contribution in [3.05, 3.63) is 48.5 Å². The number of ether oxygens (including phenoxy) is 2. The molecule has 0 atom stereocenters. The van der Waals surface area contributed by atoms with Crippen molar-refractivity contribution in [2.75, 3.05) is 19.5 Å². The number of methoxy groups -OCH3 is 2. The lowest BCUT2D eigenvalue weighted by molar-refractivity contribution is 0.414. The number of rotatable bonds is 5. The molecular formula is C18H16N4O2. The van der Waals surface area contributed by atoms with Gasteiger partial charge in [-0.15, -0.1) is 0 Å². The van der Waals surface area contributed by atoms with Crippen LogP contribution in [0.4, 0.5) is 5.95 Å². The Bertz CT molecular complexity index is 797. The van der Waals surface area contributed by atoms with Gasteiger partial charge in [0.15, 0.2) is 6.19 Å². The van der Waals surface area contributed by atoms with Crippen LogP contribution in [-0.4, -0.2) is 24.2 Å². The number of H-pyrrole nitrogens is 1. The SMILES string of the molecule is COc1ccc(-c2nc(NC#N)[nH]c2-c2ccc(OC)cc2)cc1. The Morgan fingerprint density at radius 3 is 1.96 bits per heavy atom. The molecule has 0 fully saturated rings. The number of imidazole rings is 1. The Morgan fingerprint density at radius 1 is 0.917 bits per heavy atom. The van der Waals surface area contributed by atoms with Gasteiger partial charge in [-0.1, -0.05) is 0 Å². The molecule has 120 valence electrons. The van der Waals surface area contributed by atoms with E-state index in [9.17, 15) is 0 Å². The van der Waals surface area contributed by atoms with Gasteiger partial charge in [-0.2, -0.15) is 5.26 Å². The molecule has 0 radical (unpaired) electrons. The minimum Gasteiger partial charge on any atom is -0.497 e. The number of aromatic nitrogens is 2. The molecule has 0 saturated heterocycles. The lowest BCUT2D eigenvalue weighted by atomic mass is 10.0. The van der Waals surface area contributed by atoms with Gasteiger partial charge in [0, 0.05) is 11.1 Å². The fourth-order valence-electron chi connectivity index (χ4n) is 2.41. The minimum absolute atomic E-state index is 0.397. The van der Waals surface area contributed by atoms with E-state index in [0.29, 0.717) is 5.95 Å². The molecule has 24 heavy (non-hydrogen) atoms. The molecule has 1 heterocycles. The first-order valence-corrected chi connectivity index (χ1v) is 7.29.